The first-order valence-electron chi connectivity index (χ1n) is 9.79. The van der Waals surface area contributed by atoms with Gasteiger partial charge in [0.05, 0.1) is 19.1 Å². The van der Waals surface area contributed by atoms with Crippen molar-refractivity contribution in [1.82, 2.24) is 19.5 Å². The van der Waals surface area contributed by atoms with Gasteiger partial charge in [-0.25, -0.2) is 9.50 Å². The molecule has 8 heteroatoms. The second-order valence-electron chi connectivity index (χ2n) is 7.10. The van der Waals surface area contributed by atoms with Crippen LogP contribution in [-0.2, 0) is 0 Å². The molecule has 5 rings (SSSR count). The number of hydrogen-bond donors (Lipinski definition) is 0. The van der Waals surface area contributed by atoms with Crippen LogP contribution in [0.1, 0.15) is 10.6 Å². The predicted octanol–water partition coefficient (Wildman–Crippen LogP) is 2.96. The van der Waals surface area contributed by atoms with Gasteiger partial charge in [-0.1, -0.05) is 12.1 Å². The van der Waals surface area contributed by atoms with E-state index in [4.69, 9.17) is 14.3 Å². The molecule has 8 nitrogen and oxygen atoms in total. The molecule has 1 aromatic carbocycles. The van der Waals surface area contributed by atoms with Crippen molar-refractivity contribution in [2.24, 2.45) is 0 Å². The minimum atomic E-state index is -0.0736. The fraction of sp³-hybridized carbons (Fsp3) is 0.227. The van der Waals surface area contributed by atoms with E-state index in [0.29, 0.717) is 31.9 Å². The number of carbonyl (C=O) groups excluding carboxylic acids is 1. The Hall–Kier alpha value is -3.81. The number of anilines is 1. The van der Waals surface area contributed by atoms with Gasteiger partial charge < -0.3 is 19.0 Å². The van der Waals surface area contributed by atoms with Crippen LogP contribution in [0.3, 0.4) is 0 Å². The maximum atomic E-state index is 12.5. The standard InChI is InChI=1S/C22H21N5O3/c1-29-17-5-2-4-16(14-17)18-15-19-21(23-7-8-27(19)24-18)25-9-11-26(12-10-25)22(28)20-6-3-13-30-20/h2-8,13-15H,9-12H2,1H3. The lowest BCUT2D eigenvalue weighted by Gasteiger charge is -2.35. The van der Waals surface area contributed by atoms with Gasteiger partial charge in [-0.2, -0.15) is 5.10 Å². The molecule has 0 atom stereocenters. The van der Waals surface area contributed by atoms with E-state index in [2.05, 4.69) is 9.88 Å². The number of aromatic nitrogens is 3. The van der Waals surface area contributed by atoms with Gasteiger partial charge in [0.2, 0.25) is 0 Å². The number of rotatable bonds is 4. The fourth-order valence-electron chi connectivity index (χ4n) is 3.75. The summed E-state index contributed by atoms with van der Waals surface area (Å²) in [6.45, 7) is 2.61. The molecule has 0 saturated carbocycles. The van der Waals surface area contributed by atoms with Crippen molar-refractivity contribution >= 4 is 17.2 Å². The normalized spacial score (nSPS) is 14.3. The topological polar surface area (TPSA) is 76.1 Å². The molecule has 1 fully saturated rings. The van der Waals surface area contributed by atoms with E-state index in [1.807, 2.05) is 45.9 Å². The molecule has 0 aliphatic carbocycles. The van der Waals surface area contributed by atoms with Crippen molar-refractivity contribution in [3.8, 4) is 17.0 Å². The summed E-state index contributed by atoms with van der Waals surface area (Å²) in [6.07, 6.45) is 5.12. The minimum Gasteiger partial charge on any atom is -0.497 e. The first-order chi connectivity index (χ1) is 14.7. The molecule has 1 aliphatic rings. The minimum absolute atomic E-state index is 0.0736. The molecule has 1 amide bonds. The van der Waals surface area contributed by atoms with Gasteiger partial charge in [-0.05, 0) is 30.3 Å². The van der Waals surface area contributed by atoms with Crippen LogP contribution in [0.4, 0.5) is 5.82 Å². The van der Waals surface area contributed by atoms with Crippen LogP contribution >= 0.6 is 0 Å². The first kappa shape index (κ1) is 18.2. The van der Waals surface area contributed by atoms with Crippen LogP contribution in [0.25, 0.3) is 16.8 Å². The van der Waals surface area contributed by atoms with E-state index in [-0.39, 0.29) is 5.91 Å². The number of furan rings is 1. The smallest absolute Gasteiger partial charge is 0.289 e. The number of hydrogen-bond acceptors (Lipinski definition) is 6. The Balaban J connectivity index is 1.39. The van der Waals surface area contributed by atoms with E-state index < -0.39 is 0 Å². The maximum Gasteiger partial charge on any atom is 0.289 e. The predicted molar refractivity (Wildman–Crippen MR) is 112 cm³/mol. The third-order valence-electron chi connectivity index (χ3n) is 5.33. The first-order valence-corrected chi connectivity index (χ1v) is 9.79. The van der Waals surface area contributed by atoms with Crippen molar-refractivity contribution < 1.29 is 13.9 Å². The summed E-state index contributed by atoms with van der Waals surface area (Å²) in [5.74, 6) is 1.96. The molecular formula is C22H21N5O3. The molecule has 4 heterocycles. The third-order valence-corrected chi connectivity index (χ3v) is 5.33. The van der Waals surface area contributed by atoms with Crippen molar-refractivity contribution in [2.75, 3.05) is 38.2 Å². The fourth-order valence-corrected chi connectivity index (χ4v) is 3.75. The van der Waals surface area contributed by atoms with Crippen LogP contribution < -0.4 is 9.64 Å². The largest absolute Gasteiger partial charge is 0.497 e. The Morgan fingerprint density at radius 3 is 2.73 bits per heavy atom. The second kappa shape index (κ2) is 7.55. The van der Waals surface area contributed by atoms with Gasteiger partial charge in [0.1, 0.15) is 11.3 Å². The van der Waals surface area contributed by atoms with Crippen LogP contribution in [0.15, 0.2) is 65.5 Å². The highest BCUT2D eigenvalue weighted by Crippen LogP contribution is 2.27. The van der Waals surface area contributed by atoms with Gasteiger partial charge in [0.25, 0.3) is 5.91 Å². The zero-order valence-electron chi connectivity index (χ0n) is 16.6. The molecule has 30 heavy (non-hydrogen) atoms. The van der Waals surface area contributed by atoms with Crippen molar-refractivity contribution in [1.29, 1.82) is 0 Å². The molecule has 0 spiro atoms. The molecule has 1 saturated heterocycles. The maximum absolute atomic E-state index is 12.5. The number of methoxy groups -OCH3 is 1. The molecule has 1 aliphatic heterocycles. The van der Waals surface area contributed by atoms with Gasteiger partial charge in [0.15, 0.2) is 11.6 Å². The Morgan fingerprint density at radius 1 is 1.10 bits per heavy atom. The quantitative estimate of drug-likeness (QED) is 0.522. The Kier molecular flexibility index (Phi) is 4.59. The van der Waals surface area contributed by atoms with Gasteiger partial charge in [-0.15, -0.1) is 0 Å². The van der Waals surface area contributed by atoms with Crippen LogP contribution in [-0.4, -0.2) is 58.7 Å². The SMILES string of the molecule is COc1cccc(-c2cc3c(N4CCN(C(=O)c5ccco5)CC4)nccn3n2)c1. The zero-order valence-corrected chi connectivity index (χ0v) is 16.6. The summed E-state index contributed by atoms with van der Waals surface area (Å²) in [4.78, 5) is 21.1. The zero-order chi connectivity index (χ0) is 20.5. The molecule has 3 aromatic heterocycles. The van der Waals surface area contributed by atoms with E-state index in [1.165, 1.54) is 6.26 Å². The lowest BCUT2D eigenvalue weighted by atomic mass is 10.1. The number of amides is 1. The average Bonchev–Trinajstić information content (AvgIpc) is 3.49. The summed E-state index contributed by atoms with van der Waals surface area (Å²) in [6, 6.07) is 13.3. The number of carbonyl (C=O) groups is 1. The Bertz CT molecular complexity index is 1180. The number of piperazine rings is 1. The van der Waals surface area contributed by atoms with E-state index in [1.54, 1.807) is 25.4 Å². The molecule has 0 unspecified atom stereocenters. The lowest BCUT2D eigenvalue weighted by Crippen LogP contribution is -2.49. The average molecular weight is 403 g/mol. The summed E-state index contributed by atoms with van der Waals surface area (Å²) in [7, 11) is 1.65. The van der Waals surface area contributed by atoms with Crippen LogP contribution in [0, 0.1) is 0 Å². The summed E-state index contributed by atoms with van der Waals surface area (Å²) in [5, 5.41) is 4.71. The number of nitrogens with zero attached hydrogens (tertiary/aromatic N) is 5. The van der Waals surface area contributed by atoms with Crippen molar-refractivity contribution in [3.63, 3.8) is 0 Å². The highest BCUT2D eigenvalue weighted by Gasteiger charge is 2.25. The Morgan fingerprint density at radius 2 is 1.97 bits per heavy atom. The molecule has 152 valence electrons. The highest BCUT2D eigenvalue weighted by atomic mass is 16.5. The monoisotopic (exact) mass is 403 g/mol. The highest BCUT2D eigenvalue weighted by molar-refractivity contribution is 5.91. The van der Waals surface area contributed by atoms with Crippen LogP contribution in [0.2, 0.25) is 0 Å². The van der Waals surface area contributed by atoms with Gasteiger partial charge >= 0.3 is 0 Å². The molecular weight excluding hydrogens is 382 g/mol. The summed E-state index contributed by atoms with van der Waals surface area (Å²) < 4.78 is 12.4. The Labute approximate surface area is 173 Å². The van der Waals surface area contributed by atoms with Crippen molar-refractivity contribution in [2.45, 2.75) is 0 Å². The lowest BCUT2D eigenvalue weighted by molar-refractivity contribution is 0.0714. The second-order valence-corrected chi connectivity index (χ2v) is 7.10. The van der Waals surface area contributed by atoms with Gasteiger partial charge in [-0.3, -0.25) is 4.79 Å². The van der Waals surface area contributed by atoms with Gasteiger partial charge in [0, 0.05) is 44.1 Å². The van der Waals surface area contributed by atoms with E-state index >= 15 is 0 Å². The third kappa shape index (κ3) is 3.26. The van der Waals surface area contributed by atoms with Crippen LogP contribution in [0.5, 0.6) is 5.75 Å². The molecule has 0 N–H and O–H groups in total. The van der Waals surface area contributed by atoms with Crippen molar-refractivity contribution in [3.05, 3.63) is 66.9 Å². The van der Waals surface area contributed by atoms with E-state index in [9.17, 15) is 4.79 Å². The number of ether oxygens (including phenoxy) is 1. The number of benzene rings is 1. The molecule has 0 radical (unpaired) electrons. The summed E-state index contributed by atoms with van der Waals surface area (Å²) >= 11 is 0. The van der Waals surface area contributed by atoms with E-state index in [0.717, 1.165) is 28.3 Å². The molecule has 0 bridgehead atoms. The summed E-state index contributed by atoms with van der Waals surface area (Å²) in [5.41, 5.74) is 2.77. The number of fused-ring (bicyclic) bond motifs is 1. The molecule has 4 aromatic rings.